The number of rotatable bonds is 5. The van der Waals surface area contributed by atoms with Gasteiger partial charge in [0.25, 0.3) is 0 Å². The molecule has 0 amide bonds. The number of hydrogen-bond donors (Lipinski definition) is 1. The number of fused-ring (bicyclic) bond motifs is 1. The highest BCUT2D eigenvalue weighted by Gasteiger charge is 2.12. The average molecular weight is 480 g/mol. The van der Waals surface area contributed by atoms with Crippen LogP contribution < -0.4 is 5.32 Å². The van der Waals surface area contributed by atoms with E-state index < -0.39 is 0 Å². The van der Waals surface area contributed by atoms with Gasteiger partial charge in [0, 0.05) is 32.2 Å². The lowest BCUT2D eigenvalue weighted by Crippen LogP contribution is -2.02. The fourth-order valence-electron chi connectivity index (χ4n) is 3.56. The molecule has 1 aromatic heterocycles. The van der Waals surface area contributed by atoms with Crippen molar-refractivity contribution in [2.45, 2.75) is 0 Å². The number of ketones is 1. The molecule has 5 rings (SSSR count). The molecule has 0 bridgehead atoms. The Kier molecular flexibility index (Phi) is 5.48. The Hall–Kier alpha value is -3.83. The van der Waals surface area contributed by atoms with E-state index in [9.17, 15) is 4.79 Å². The maximum atomic E-state index is 12.6. The minimum atomic E-state index is -0.00366. The van der Waals surface area contributed by atoms with E-state index in [2.05, 4.69) is 21.2 Å². The van der Waals surface area contributed by atoms with Crippen molar-refractivity contribution in [1.82, 2.24) is 9.97 Å². The van der Waals surface area contributed by atoms with Crippen molar-refractivity contribution in [3.8, 4) is 11.3 Å². The second kappa shape index (κ2) is 8.73. The van der Waals surface area contributed by atoms with E-state index >= 15 is 0 Å². The number of nitrogens with zero attached hydrogens (tertiary/aromatic N) is 2. The Morgan fingerprint density at radius 3 is 2.09 bits per heavy atom. The first kappa shape index (κ1) is 20.1. The molecule has 4 aromatic carbocycles. The number of benzene rings is 4. The van der Waals surface area contributed by atoms with Crippen LogP contribution in [0.2, 0.25) is 0 Å². The van der Waals surface area contributed by atoms with E-state index in [1.54, 1.807) is 0 Å². The highest BCUT2D eigenvalue weighted by Crippen LogP contribution is 2.30. The lowest BCUT2D eigenvalue weighted by Gasteiger charge is -2.11. The van der Waals surface area contributed by atoms with Crippen molar-refractivity contribution < 1.29 is 4.79 Å². The Balaban J connectivity index is 1.48. The molecule has 0 unspecified atom stereocenters. The first-order chi connectivity index (χ1) is 15.7. The summed E-state index contributed by atoms with van der Waals surface area (Å²) in [5, 5.41) is 4.25. The number of halogens is 1. The molecule has 0 saturated heterocycles. The molecule has 0 fully saturated rings. The van der Waals surface area contributed by atoms with E-state index in [-0.39, 0.29) is 5.78 Å². The standard InChI is InChI=1S/C27H18BrN3O/c28-21-13-16-24-23(17-21)25(18-7-3-1-4-8-18)31-27(30-24)29-22-14-11-20(12-15-22)26(32)19-9-5-2-6-10-19/h1-17H,(H,29,30,31). The summed E-state index contributed by atoms with van der Waals surface area (Å²) in [4.78, 5) is 22.1. The molecule has 1 N–H and O–H groups in total. The van der Waals surface area contributed by atoms with Gasteiger partial charge in [-0.15, -0.1) is 0 Å². The Morgan fingerprint density at radius 1 is 0.719 bits per heavy atom. The fourth-order valence-corrected chi connectivity index (χ4v) is 3.92. The number of aromatic nitrogens is 2. The van der Waals surface area contributed by atoms with Gasteiger partial charge in [0.2, 0.25) is 5.95 Å². The molecule has 0 aliphatic rings. The second-order valence-corrected chi connectivity index (χ2v) is 8.24. The predicted octanol–water partition coefficient (Wildman–Crippen LogP) is 7.03. The number of nitrogens with one attached hydrogen (secondary N) is 1. The minimum absolute atomic E-state index is 0.00366. The Labute approximate surface area is 194 Å². The van der Waals surface area contributed by atoms with E-state index in [0.717, 1.165) is 32.3 Å². The molecule has 0 atom stereocenters. The molecule has 0 spiro atoms. The van der Waals surface area contributed by atoms with Crippen molar-refractivity contribution >= 4 is 44.3 Å². The van der Waals surface area contributed by atoms with Crippen LogP contribution in [0.5, 0.6) is 0 Å². The van der Waals surface area contributed by atoms with Crippen molar-refractivity contribution in [3.05, 3.63) is 119 Å². The van der Waals surface area contributed by atoms with Crippen LogP contribution in [0.1, 0.15) is 15.9 Å². The number of hydrogen-bond acceptors (Lipinski definition) is 4. The summed E-state index contributed by atoms with van der Waals surface area (Å²) >= 11 is 3.55. The van der Waals surface area contributed by atoms with Crippen LogP contribution in [0, 0.1) is 0 Å². The smallest absolute Gasteiger partial charge is 0.228 e. The van der Waals surface area contributed by atoms with Crippen LogP contribution in [0.25, 0.3) is 22.2 Å². The molecular weight excluding hydrogens is 462 g/mol. The van der Waals surface area contributed by atoms with Gasteiger partial charge < -0.3 is 5.32 Å². The van der Waals surface area contributed by atoms with Gasteiger partial charge in [0.15, 0.2) is 5.78 Å². The maximum absolute atomic E-state index is 12.6. The lowest BCUT2D eigenvalue weighted by atomic mass is 10.0. The van der Waals surface area contributed by atoms with Gasteiger partial charge in [-0.05, 0) is 42.5 Å². The molecule has 4 nitrogen and oxygen atoms in total. The normalized spacial score (nSPS) is 10.8. The molecule has 0 saturated carbocycles. The molecule has 1 heterocycles. The van der Waals surface area contributed by atoms with Crippen LogP contribution >= 0.6 is 15.9 Å². The first-order valence-electron chi connectivity index (χ1n) is 10.2. The second-order valence-electron chi connectivity index (χ2n) is 7.32. The predicted molar refractivity (Wildman–Crippen MR) is 132 cm³/mol. The van der Waals surface area contributed by atoms with Crippen molar-refractivity contribution in [2.75, 3.05) is 5.32 Å². The molecule has 5 aromatic rings. The monoisotopic (exact) mass is 479 g/mol. The van der Waals surface area contributed by atoms with E-state index in [1.165, 1.54) is 0 Å². The van der Waals surface area contributed by atoms with E-state index in [4.69, 9.17) is 9.97 Å². The summed E-state index contributed by atoms with van der Waals surface area (Å²) < 4.78 is 0.977. The third-order valence-electron chi connectivity index (χ3n) is 5.14. The topological polar surface area (TPSA) is 54.9 Å². The zero-order valence-electron chi connectivity index (χ0n) is 17.0. The van der Waals surface area contributed by atoms with Crippen LogP contribution in [-0.2, 0) is 0 Å². The average Bonchev–Trinajstić information content (AvgIpc) is 2.85. The van der Waals surface area contributed by atoms with Gasteiger partial charge in [0.05, 0.1) is 11.2 Å². The highest BCUT2D eigenvalue weighted by atomic mass is 79.9. The third-order valence-corrected chi connectivity index (χ3v) is 5.64. The van der Waals surface area contributed by atoms with Crippen LogP contribution in [0.3, 0.4) is 0 Å². The summed E-state index contributed by atoms with van der Waals surface area (Å²) in [6.45, 7) is 0. The fraction of sp³-hybridized carbons (Fsp3) is 0. The Morgan fingerprint density at radius 2 is 1.38 bits per heavy atom. The summed E-state index contributed by atoms with van der Waals surface area (Å²) in [5.41, 5.74) is 4.84. The summed E-state index contributed by atoms with van der Waals surface area (Å²) in [7, 11) is 0. The molecule has 0 aliphatic carbocycles. The van der Waals surface area contributed by atoms with E-state index in [0.29, 0.717) is 17.1 Å². The molecule has 0 radical (unpaired) electrons. The van der Waals surface area contributed by atoms with Crippen LogP contribution in [-0.4, -0.2) is 15.8 Å². The van der Waals surface area contributed by atoms with Crippen LogP contribution in [0.4, 0.5) is 11.6 Å². The third kappa shape index (κ3) is 4.15. The number of carbonyl (C=O) groups is 1. The van der Waals surface area contributed by atoms with Gasteiger partial charge in [-0.2, -0.15) is 0 Å². The quantitative estimate of drug-likeness (QED) is 0.274. The van der Waals surface area contributed by atoms with Gasteiger partial charge in [-0.3, -0.25) is 4.79 Å². The van der Waals surface area contributed by atoms with Crippen molar-refractivity contribution in [2.24, 2.45) is 0 Å². The zero-order valence-corrected chi connectivity index (χ0v) is 18.6. The lowest BCUT2D eigenvalue weighted by molar-refractivity contribution is 0.103. The summed E-state index contributed by atoms with van der Waals surface area (Å²) in [6, 6.07) is 32.7. The summed E-state index contributed by atoms with van der Waals surface area (Å²) in [5.74, 6) is 0.497. The number of carbonyl (C=O) groups excluding carboxylic acids is 1. The van der Waals surface area contributed by atoms with Gasteiger partial charge in [-0.1, -0.05) is 76.6 Å². The minimum Gasteiger partial charge on any atom is -0.324 e. The maximum Gasteiger partial charge on any atom is 0.228 e. The van der Waals surface area contributed by atoms with Gasteiger partial charge >= 0.3 is 0 Å². The first-order valence-corrected chi connectivity index (χ1v) is 11.0. The Bertz CT molecular complexity index is 1400. The van der Waals surface area contributed by atoms with E-state index in [1.807, 2.05) is 103 Å². The van der Waals surface area contributed by atoms with Gasteiger partial charge in [0.1, 0.15) is 0 Å². The van der Waals surface area contributed by atoms with Crippen molar-refractivity contribution in [1.29, 1.82) is 0 Å². The van der Waals surface area contributed by atoms with Crippen molar-refractivity contribution in [3.63, 3.8) is 0 Å². The SMILES string of the molecule is O=C(c1ccccc1)c1ccc(Nc2nc(-c3ccccc3)c3cc(Br)ccc3n2)cc1. The zero-order chi connectivity index (χ0) is 21.9. The molecular formula is C27H18BrN3O. The highest BCUT2D eigenvalue weighted by molar-refractivity contribution is 9.10. The molecule has 154 valence electrons. The van der Waals surface area contributed by atoms with Gasteiger partial charge in [-0.25, -0.2) is 9.97 Å². The number of anilines is 2. The largest absolute Gasteiger partial charge is 0.324 e. The van der Waals surface area contributed by atoms with Crippen LogP contribution in [0.15, 0.2) is 108 Å². The summed E-state index contributed by atoms with van der Waals surface area (Å²) in [6.07, 6.45) is 0. The molecule has 5 heteroatoms. The molecule has 0 aliphatic heterocycles. The molecule has 32 heavy (non-hydrogen) atoms.